The molecule has 20 heavy (non-hydrogen) atoms. The standard InChI is InChI=1S/C13H19ClN2O3.ClH/c1-3-19-12-8-10(14)4-5-11(12)16-13(17)9-15-6-7-18-2;/h4-5,8,15H,3,6-7,9H2,1-2H3,(H,16,17);1H. The zero-order valence-electron chi connectivity index (χ0n) is 11.6. The molecule has 0 saturated heterocycles. The number of amides is 1. The van der Waals surface area contributed by atoms with Crippen molar-refractivity contribution in [1.82, 2.24) is 5.32 Å². The first-order valence-corrected chi connectivity index (χ1v) is 6.47. The number of ether oxygens (including phenoxy) is 2. The molecule has 0 aliphatic heterocycles. The molecule has 0 unspecified atom stereocenters. The van der Waals surface area contributed by atoms with Gasteiger partial charge in [-0.05, 0) is 19.1 Å². The van der Waals surface area contributed by atoms with E-state index in [0.717, 1.165) is 0 Å². The Morgan fingerprint density at radius 2 is 2.15 bits per heavy atom. The first kappa shape index (κ1) is 19.0. The van der Waals surface area contributed by atoms with Crippen molar-refractivity contribution in [3.8, 4) is 5.75 Å². The van der Waals surface area contributed by atoms with Crippen molar-refractivity contribution in [2.45, 2.75) is 6.92 Å². The SMILES string of the molecule is CCOc1cc(Cl)ccc1NC(=O)CNCCOC.Cl. The molecule has 0 fully saturated rings. The lowest BCUT2D eigenvalue weighted by Crippen LogP contribution is -2.30. The second-order valence-corrected chi connectivity index (χ2v) is 4.23. The summed E-state index contributed by atoms with van der Waals surface area (Å²) in [5.74, 6) is 0.430. The highest BCUT2D eigenvalue weighted by Gasteiger charge is 2.08. The topological polar surface area (TPSA) is 59.6 Å². The number of halogens is 2. The number of rotatable bonds is 8. The third-order valence-electron chi connectivity index (χ3n) is 2.29. The smallest absolute Gasteiger partial charge is 0.238 e. The van der Waals surface area contributed by atoms with E-state index in [1.165, 1.54) is 0 Å². The molecule has 0 saturated carbocycles. The lowest BCUT2D eigenvalue weighted by atomic mass is 10.3. The van der Waals surface area contributed by atoms with E-state index in [9.17, 15) is 4.79 Å². The molecule has 0 radical (unpaired) electrons. The van der Waals surface area contributed by atoms with Crippen LogP contribution in [-0.2, 0) is 9.53 Å². The highest BCUT2D eigenvalue weighted by molar-refractivity contribution is 6.30. The van der Waals surface area contributed by atoms with Crippen LogP contribution in [0, 0.1) is 0 Å². The summed E-state index contributed by atoms with van der Waals surface area (Å²) in [6.45, 7) is 3.80. The molecule has 2 N–H and O–H groups in total. The predicted octanol–water partition coefficient (Wildman–Crippen LogP) is 2.34. The molecule has 5 nitrogen and oxygen atoms in total. The number of carbonyl (C=O) groups excluding carboxylic acids is 1. The Labute approximate surface area is 130 Å². The van der Waals surface area contributed by atoms with E-state index in [1.807, 2.05) is 6.92 Å². The van der Waals surface area contributed by atoms with Crippen molar-refractivity contribution in [3.63, 3.8) is 0 Å². The Morgan fingerprint density at radius 1 is 1.40 bits per heavy atom. The summed E-state index contributed by atoms with van der Waals surface area (Å²) in [6, 6.07) is 5.11. The van der Waals surface area contributed by atoms with E-state index in [0.29, 0.717) is 36.2 Å². The molecular weight excluding hydrogens is 303 g/mol. The van der Waals surface area contributed by atoms with Crippen LogP contribution in [-0.4, -0.2) is 39.3 Å². The quantitative estimate of drug-likeness (QED) is 0.721. The van der Waals surface area contributed by atoms with Gasteiger partial charge < -0.3 is 20.1 Å². The molecule has 1 aromatic rings. The number of hydrogen-bond donors (Lipinski definition) is 2. The van der Waals surface area contributed by atoms with Gasteiger partial charge in [-0.25, -0.2) is 0 Å². The Hall–Kier alpha value is -1.01. The Bertz CT molecular complexity index is 417. The monoisotopic (exact) mass is 322 g/mol. The fourth-order valence-electron chi connectivity index (χ4n) is 1.44. The van der Waals surface area contributed by atoms with E-state index in [4.69, 9.17) is 21.1 Å². The molecule has 0 aliphatic rings. The minimum Gasteiger partial charge on any atom is -0.492 e. The van der Waals surface area contributed by atoms with Crippen LogP contribution in [0.25, 0.3) is 0 Å². The highest BCUT2D eigenvalue weighted by Crippen LogP contribution is 2.28. The van der Waals surface area contributed by atoms with Gasteiger partial charge in [-0.1, -0.05) is 11.6 Å². The van der Waals surface area contributed by atoms with Gasteiger partial charge in [0, 0.05) is 24.7 Å². The van der Waals surface area contributed by atoms with E-state index in [-0.39, 0.29) is 24.9 Å². The summed E-state index contributed by atoms with van der Waals surface area (Å²) >= 11 is 5.89. The largest absolute Gasteiger partial charge is 0.492 e. The number of carbonyl (C=O) groups is 1. The van der Waals surface area contributed by atoms with Gasteiger partial charge >= 0.3 is 0 Å². The Balaban J connectivity index is 0.00000361. The van der Waals surface area contributed by atoms with Gasteiger partial charge in [-0.2, -0.15) is 0 Å². The first-order valence-electron chi connectivity index (χ1n) is 6.09. The number of nitrogens with one attached hydrogen (secondary N) is 2. The van der Waals surface area contributed by atoms with E-state index in [1.54, 1.807) is 25.3 Å². The maximum Gasteiger partial charge on any atom is 0.238 e. The molecule has 0 atom stereocenters. The van der Waals surface area contributed by atoms with E-state index >= 15 is 0 Å². The summed E-state index contributed by atoms with van der Waals surface area (Å²) in [7, 11) is 1.61. The van der Waals surface area contributed by atoms with Gasteiger partial charge in [0.2, 0.25) is 5.91 Å². The van der Waals surface area contributed by atoms with Crippen molar-refractivity contribution >= 4 is 35.6 Å². The molecule has 0 heterocycles. The molecule has 0 spiro atoms. The first-order chi connectivity index (χ1) is 9.17. The second kappa shape index (κ2) is 10.7. The molecule has 0 bridgehead atoms. The van der Waals surface area contributed by atoms with Gasteiger partial charge in [-0.3, -0.25) is 4.79 Å². The van der Waals surface area contributed by atoms with Gasteiger partial charge in [-0.15, -0.1) is 12.4 Å². The summed E-state index contributed by atoms with van der Waals surface area (Å²) in [5.41, 5.74) is 0.616. The van der Waals surface area contributed by atoms with Gasteiger partial charge in [0.1, 0.15) is 5.75 Å². The zero-order valence-corrected chi connectivity index (χ0v) is 13.1. The Kier molecular flexibility index (Phi) is 10.2. The van der Waals surface area contributed by atoms with E-state index < -0.39 is 0 Å². The fraction of sp³-hybridized carbons (Fsp3) is 0.462. The number of benzene rings is 1. The molecular formula is C13H20Cl2N2O3. The van der Waals surface area contributed by atoms with Crippen molar-refractivity contribution < 1.29 is 14.3 Å². The van der Waals surface area contributed by atoms with E-state index in [2.05, 4.69) is 10.6 Å². The van der Waals surface area contributed by atoms with Crippen molar-refractivity contribution in [2.75, 3.05) is 38.7 Å². The minimum absolute atomic E-state index is 0. The summed E-state index contributed by atoms with van der Waals surface area (Å²) in [6.07, 6.45) is 0. The fourth-order valence-corrected chi connectivity index (χ4v) is 1.61. The summed E-state index contributed by atoms with van der Waals surface area (Å²) < 4.78 is 10.3. The van der Waals surface area contributed by atoms with Crippen molar-refractivity contribution in [2.24, 2.45) is 0 Å². The Morgan fingerprint density at radius 3 is 2.80 bits per heavy atom. The number of hydrogen-bond acceptors (Lipinski definition) is 4. The van der Waals surface area contributed by atoms with Gasteiger partial charge in [0.05, 0.1) is 25.4 Å². The van der Waals surface area contributed by atoms with Gasteiger partial charge in [0.15, 0.2) is 0 Å². The number of methoxy groups -OCH3 is 1. The third-order valence-corrected chi connectivity index (χ3v) is 2.52. The maximum absolute atomic E-state index is 11.7. The molecule has 0 aliphatic carbocycles. The highest BCUT2D eigenvalue weighted by atomic mass is 35.5. The maximum atomic E-state index is 11.7. The molecule has 1 amide bonds. The second-order valence-electron chi connectivity index (χ2n) is 3.79. The molecule has 1 rings (SSSR count). The molecule has 114 valence electrons. The van der Waals surface area contributed by atoms with Crippen LogP contribution in [0.15, 0.2) is 18.2 Å². The van der Waals surface area contributed by atoms with Crippen LogP contribution in [0.1, 0.15) is 6.92 Å². The summed E-state index contributed by atoms with van der Waals surface area (Å²) in [4.78, 5) is 11.7. The van der Waals surface area contributed by atoms with Crippen LogP contribution in [0.4, 0.5) is 5.69 Å². The van der Waals surface area contributed by atoms with Crippen molar-refractivity contribution in [1.29, 1.82) is 0 Å². The van der Waals surface area contributed by atoms with Gasteiger partial charge in [0.25, 0.3) is 0 Å². The third kappa shape index (κ3) is 6.96. The zero-order chi connectivity index (χ0) is 14.1. The van der Waals surface area contributed by atoms with Crippen LogP contribution in [0.2, 0.25) is 5.02 Å². The molecule has 1 aromatic carbocycles. The minimum atomic E-state index is -0.139. The van der Waals surface area contributed by atoms with Crippen LogP contribution >= 0.6 is 24.0 Å². The molecule has 7 heteroatoms. The molecule has 0 aromatic heterocycles. The normalized spacial score (nSPS) is 9.75. The average Bonchev–Trinajstić information content (AvgIpc) is 2.38. The number of anilines is 1. The van der Waals surface area contributed by atoms with Crippen LogP contribution < -0.4 is 15.4 Å². The predicted molar refractivity (Wildman–Crippen MR) is 83.2 cm³/mol. The van der Waals surface area contributed by atoms with Crippen LogP contribution in [0.5, 0.6) is 5.75 Å². The lowest BCUT2D eigenvalue weighted by Gasteiger charge is -2.12. The van der Waals surface area contributed by atoms with Crippen LogP contribution in [0.3, 0.4) is 0 Å². The summed E-state index contributed by atoms with van der Waals surface area (Å²) in [5, 5.41) is 6.31. The van der Waals surface area contributed by atoms with Crippen molar-refractivity contribution in [3.05, 3.63) is 23.2 Å². The average molecular weight is 323 g/mol. The lowest BCUT2D eigenvalue weighted by molar-refractivity contribution is -0.115.